The Morgan fingerprint density at radius 1 is 1.57 bits per heavy atom. The normalized spacial score (nSPS) is 6.29. The number of unbranched alkanes of at least 4 members (excludes halogenated alkanes) is 1. The van der Waals surface area contributed by atoms with Crippen LogP contribution in [-0.4, -0.2) is 6.54 Å². The molecule has 0 spiro atoms. The molecule has 0 rings (SSSR count). The number of nitrogens with zero attached hydrogens (tertiary/aromatic N) is 1. The molecule has 0 fully saturated rings. The van der Waals surface area contributed by atoms with Gasteiger partial charge in [0, 0.05) is 6.42 Å². The van der Waals surface area contributed by atoms with E-state index in [4.69, 9.17) is 11.0 Å². The number of nitrogens with two attached hydrogens (primary N) is 1. The Balaban J connectivity index is 0. The molecule has 0 aliphatic rings. The lowest BCUT2D eigenvalue weighted by Gasteiger charge is -1.78. The first-order valence-corrected chi connectivity index (χ1v) is 1.99. The summed E-state index contributed by atoms with van der Waals surface area (Å²) in [4.78, 5) is 0. The minimum Gasteiger partial charge on any atom is -0.330 e. The van der Waals surface area contributed by atoms with Crippen molar-refractivity contribution >= 4 is 12.4 Å². The molecule has 3 heteroatoms. The molecule has 0 aliphatic carbocycles. The van der Waals surface area contributed by atoms with E-state index in [0.29, 0.717) is 13.0 Å². The first-order chi connectivity index (χ1) is 2.91. The van der Waals surface area contributed by atoms with E-state index in [1.165, 1.54) is 0 Å². The lowest BCUT2D eigenvalue weighted by atomic mass is 10.3. The zero-order valence-electron chi connectivity index (χ0n) is 4.05. The van der Waals surface area contributed by atoms with Crippen molar-refractivity contribution in [3.8, 4) is 6.07 Å². The van der Waals surface area contributed by atoms with Crippen LogP contribution in [0.3, 0.4) is 0 Å². The fraction of sp³-hybridized carbons (Fsp3) is 0.750. The van der Waals surface area contributed by atoms with Gasteiger partial charge in [0.2, 0.25) is 0 Å². The number of rotatable bonds is 2. The number of halogens is 1. The summed E-state index contributed by atoms with van der Waals surface area (Å²) < 4.78 is 0. The van der Waals surface area contributed by atoms with Gasteiger partial charge in [0.05, 0.1) is 6.07 Å². The van der Waals surface area contributed by atoms with E-state index in [2.05, 4.69) is 0 Å². The third kappa shape index (κ3) is 10.7. The standard InChI is InChI=1S/C4H8N2.ClH/c5-3-1-2-4-6;/h1-3,5H2;1H. The van der Waals surface area contributed by atoms with Crippen molar-refractivity contribution < 1.29 is 0 Å². The maximum absolute atomic E-state index is 7.89. The van der Waals surface area contributed by atoms with E-state index in [1.54, 1.807) is 0 Å². The summed E-state index contributed by atoms with van der Waals surface area (Å²) in [5.74, 6) is 0. The van der Waals surface area contributed by atoms with Crippen molar-refractivity contribution in [3.05, 3.63) is 0 Å². The summed E-state index contributed by atoms with van der Waals surface area (Å²) in [6, 6.07) is 1.99. The van der Waals surface area contributed by atoms with Crippen LogP contribution in [0, 0.1) is 11.3 Å². The van der Waals surface area contributed by atoms with Gasteiger partial charge in [0.25, 0.3) is 0 Å². The SMILES string of the molecule is Cl.N#CCCCN. The van der Waals surface area contributed by atoms with Crippen molar-refractivity contribution in [2.75, 3.05) is 6.54 Å². The minimum atomic E-state index is 0. The molecule has 0 saturated heterocycles. The first-order valence-electron chi connectivity index (χ1n) is 1.99. The van der Waals surface area contributed by atoms with Gasteiger partial charge in [-0.05, 0) is 13.0 Å². The van der Waals surface area contributed by atoms with Crippen molar-refractivity contribution in [1.29, 1.82) is 5.26 Å². The first kappa shape index (κ1) is 9.88. The summed E-state index contributed by atoms with van der Waals surface area (Å²) in [6.07, 6.45) is 1.42. The van der Waals surface area contributed by atoms with Gasteiger partial charge in [-0.2, -0.15) is 5.26 Å². The summed E-state index contributed by atoms with van der Waals surface area (Å²) in [5.41, 5.74) is 5.06. The van der Waals surface area contributed by atoms with Gasteiger partial charge in [0.15, 0.2) is 0 Å². The van der Waals surface area contributed by atoms with Gasteiger partial charge in [-0.25, -0.2) is 0 Å². The van der Waals surface area contributed by atoms with Crippen LogP contribution in [0.2, 0.25) is 0 Å². The molecular formula is C4H9ClN2. The summed E-state index contributed by atoms with van der Waals surface area (Å²) in [7, 11) is 0. The second-order valence-corrected chi connectivity index (χ2v) is 1.05. The van der Waals surface area contributed by atoms with Crippen LogP contribution in [0.1, 0.15) is 12.8 Å². The van der Waals surface area contributed by atoms with Gasteiger partial charge < -0.3 is 5.73 Å². The summed E-state index contributed by atoms with van der Waals surface area (Å²) >= 11 is 0. The molecule has 0 bridgehead atoms. The smallest absolute Gasteiger partial charge is 0.0622 e. The molecule has 0 atom stereocenters. The highest BCUT2D eigenvalue weighted by Crippen LogP contribution is 1.77. The van der Waals surface area contributed by atoms with Crippen molar-refractivity contribution in [2.24, 2.45) is 5.73 Å². The number of hydrogen-bond donors (Lipinski definition) is 1. The quantitative estimate of drug-likeness (QED) is 0.545. The van der Waals surface area contributed by atoms with Gasteiger partial charge >= 0.3 is 0 Å². The van der Waals surface area contributed by atoms with Crippen LogP contribution in [0.15, 0.2) is 0 Å². The van der Waals surface area contributed by atoms with E-state index in [9.17, 15) is 0 Å². The van der Waals surface area contributed by atoms with Gasteiger partial charge in [-0.15, -0.1) is 12.4 Å². The largest absolute Gasteiger partial charge is 0.330 e. The number of hydrogen-bond acceptors (Lipinski definition) is 2. The lowest BCUT2D eigenvalue weighted by Crippen LogP contribution is -1.96. The number of nitriles is 1. The second kappa shape index (κ2) is 9.22. The molecule has 7 heavy (non-hydrogen) atoms. The minimum absolute atomic E-state index is 0. The summed E-state index contributed by atoms with van der Waals surface area (Å²) in [6.45, 7) is 0.633. The second-order valence-electron chi connectivity index (χ2n) is 1.05. The fourth-order valence-corrected chi connectivity index (χ4v) is 0.181. The van der Waals surface area contributed by atoms with Gasteiger partial charge in [-0.3, -0.25) is 0 Å². The zero-order valence-corrected chi connectivity index (χ0v) is 4.87. The Bertz CT molecular complexity index is 57.2. The molecule has 0 aromatic rings. The Morgan fingerprint density at radius 3 is 2.29 bits per heavy atom. The van der Waals surface area contributed by atoms with Crippen molar-refractivity contribution in [3.63, 3.8) is 0 Å². The van der Waals surface area contributed by atoms with E-state index in [1.807, 2.05) is 6.07 Å². The maximum Gasteiger partial charge on any atom is 0.0622 e. The van der Waals surface area contributed by atoms with E-state index in [0.717, 1.165) is 6.42 Å². The molecule has 2 N–H and O–H groups in total. The van der Waals surface area contributed by atoms with Crippen molar-refractivity contribution in [2.45, 2.75) is 12.8 Å². The predicted molar refractivity (Wildman–Crippen MR) is 31.1 cm³/mol. The van der Waals surface area contributed by atoms with Crippen LogP contribution >= 0.6 is 12.4 Å². The van der Waals surface area contributed by atoms with Crippen LogP contribution in [-0.2, 0) is 0 Å². The molecule has 0 heterocycles. The summed E-state index contributed by atoms with van der Waals surface area (Å²) in [5, 5.41) is 7.89. The van der Waals surface area contributed by atoms with Crippen LogP contribution in [0.25, 0.3) is 0 Å². The third-order valence-corrected chi connectivity index (χ3v) is 0.493. The molecular weight excluding hydrogens is 112 g/mol. The fourth-order valence-electron chi connectivity index (χ4n) is 0.181. The topological polar surface area (TPSA) is 49.8 Å². The Morgan fingerprint density at radius 2 is 2.14 bits per heavy atom. The molecule has 0 amide bonds. The van der Waals surface area contributed by atoms with Gasteiger partial charge in [-0.1, -0.05) is 0 Å². The highest BCUT2D eigenvalue weighted by atomic mass is 35.5. The van der Waals surface area contributed by atoms with E-state index < -0.39 is 0 Å². The predicted octanol–water partition coefficient (Wildman–Crippen LogP) is 0.671. The highest BCUT2D eigenvalue weighted by Gasteiger charge is 1.74. The highest BCUT2D eigenvalue weighted by molar-refractivity contribution is 5.85. The molecule has 0 saturated carbocycles. The lowest BCUT2D eigenvalue weighted by molar-refractivity contribution is 0.862. The van der Waals surface area contributed by atoms with Crippen LogP contribution in [0.4, 0.5) is 0 Å². The zero-order chi connectivity index (χ0) is 4.83. The molecule has 42 valence electrons. The van der Waals surface area contributed by atoms with Crippen molar-refractivity contribution in [1.82, 2.24) is 0 Å². The van der Waals surface area contributed by atoms with Gasteiger partial charge in [0.1, 0.15) is 0 Å². The molecule has 0 aromatic heterocycles. The third-order valence-electron chi connectivity index (χ3n) is 0.493. The molecule has 0 aliphatic heterocycles. The maximum atomic E-state index is 7.89. The molecule has 0 aromatic carbocycles. The van der Waals surface area contributed by atoms with Crippen LogP contribution in [0.5, 0.6) is 0 Å². The van der Waals surface area contributed by atoms with Crippen LogP contribution < -0.4 is 5.73 Å². The Hall–Kier alpha value is -0.260. The van der Waals surface area contributed by atoms with E-state index in [-0.39, 0.29) is 12.4 Å². The Labute approximate surface area is 49.7 Å². The monoisotopic (exact) mass is 120 g/mol. The molecule has 0 unspecified atom stereocenters. The average Bonchev–Trinajstić information content (AvgIpc) is 1.61. The molecule has 2 nitrogen and oxygen atoms in total. The molecule has 0 radical (unpaired) electrons. The Kier molecular flexibility index (Phi) is 13.0. The average molecular weight is 121 g/mol. The van der Waals surface area contributed by atoms with E-state index >= 15 is 0 Å².